The van der Waals surface area contributed by atoms with Crippen LogP contribution in [0.5, 0.6) is 0 Å². The van der Waals surface area contributed by atoms with Gasteiger partial charge in [-0.3, -0.25) is 13.3 Å². The third kappa shape index (κ3) is 91.2. The van der Waals surface area contributed by atoms with Gasteiger partial charge in [0.25, 0.3) is 6.36 Å². The fraction of sp³-hybridized carbons (Fsp3) is 1.00. The molecular formula is C12H24F10O4S. The van der Waals surface area contributed by atoms with Gasteiger partial charge in [0.15, 0.2) is 6.86 Å². The van der Waals surface area contributed by atoms with E-state index in [-0.39, 0.29) is 13.3 Å². The van der Waals surface area contributed by atoms with E-state index in [1.807, 2.05) is 0 Å². The van der Waals surface area contributed by atoms with Crippen molar-refractivity contribution in [2.24, 2.45) is 0 Å². The molecule has 4 nitrogen and oxygen atoms in total. The first-order valence-electron chi connectivity index (χ1n) is 7.02. The van der Waals surface area contributed by atoms with Crippen molar-refractivity contribution in [2.45, 2.75) is 52.1 Å². The van der Waals surface area contributed by atoms with Crippen LogP contribution in [0.1, 0.15) is 39.5 Å². The second kappa shape index (κ2) is 27.4. The van der Waals surface area contributed by atoms with E-state index in [1.54, 1.807) is 0 Å². The molecule has 1 atom stereocenters. The highest BCUT2D eigenvalue weighted by Crippen LogP contribution is 2.23. The third-order valence-electron chi connectivity index (χ3n) is 1.45. The van der Waals surface area contributed by atoms with Crippen LogP contribution in [0.3, 0.4) is 0 Å². The largest absolute Gasteiger partial charge is 0.445 e. The fourth-order valence-electron chi connectivity index (χ4n) is 0.671. The van der Waals surface area contributed by atoms with E-state index in [0.717, 1.165) is 12.8 Å². The van der Waals surface area contributed by atoms with Crippen LogP contribution in [-0.4, -0.2) is 52.6 Å². The van der Waals surface area contributed by atoms with Crippen LogP contribution in [0.2, 0.25) is 0 Å². The van der Waals surface area contributed by atoms with Gasteiger partial charge in [0.05, 0.1) is 13.3 Å². The molecule has 0 aromatic rings. The zero-order valence-electron chi connectivity index (χ0n) is 14.6. The summed E-state index contributed by atoms with van der Waals surface area (Å²) < 4.78 is 133. The molecule has 27 heavy (non-hydrogen) atoms. The monoisotopic (exact) mass is 454 g/mol. The number of alkyl halides is 9. The summed E-state index contributed by atoms with van der Waals surface area (Å²) in [6.07, 6.45) is -4.43. The second-order valence-corrected chi connectivity index (χ2v) is 4.49. The second-order valence-electron chi connectivity index (χ2n) is 3.66. The van der Waals surface area contributed by atoms with Crippen molar-refractivity contribution in [3.05, 3.63) is 0 Å². The highest BCUT2D eigenvalue weighted by Gasteiger charge is 2.41. The first-order valence-corrected chi connectivity index (χ1v) is 8.36. The quantitative estimate of drug-likeness (QED) is 0.234. The highest BCUT2D eigenvalue weighted by atomic mass is 32.3. The molecule has 0 aromatic heterocycles. The Labute approximate surface area is 151 Å². The van der Waals surface area contributed by atoms with E-state index < -0.39 is 36.8 Å². The van der Waals surface area contributed by atoms with Crippen LogP contribution in [0.25, 0.3) is 0 Å². The topological polar surface area (TPSA) is 63.6 Å². The van der Waals surface area contributed by atoms with Crippen LogP contribution >= 0.6 is 0 Å². The summed E-state index contributed by atoms with van der Waals surface area (Å²) in [7, 11) is -5.17. The molecule has 15 heteroatoms. The molecule has 0 saturated heterocycles. The van der Waals surface area contributed by atoms with Gasteiger partial charge in [-0.15, -0.1) is 0 Å². The van der Waals surface area contributed by atoms with Gasteiger partial charge in [-0.05, 0) is 13.3 Å². The van der Waals surface area contributed by atoms with Crippen LogP contribution in [0, 0.1) is 0 Å². The minimum absolute atomic E-state index is 0.139. The van der Waals surface area contributed by atoms with Crippen molar-refractivity contribution in [2.75, 3.05) is 27.1 Å². The van der Waals surface area contributed by atoms with E-state index in [0.29, 0.717) is 0 Å². The number of halogens is 10. The fourth-order valence-corrected chi connectivity index (χ4v) is 0.671. The number of unbranched alkanes of at least 4 members (excludes halogenated alkanes) is 3. The summed E-state index contributed by atoms with van der Waals surface area (Å²) in [4.78, 5) is 0. The highest BCUT2D eigenvalue weighted by molar-refractivity contribution is 7.80. The number of hydrogen-bond donors (Lipinski definition) is 1. The number of ether oxygens (including phenoxy) is 1. The van der Waals surface area contributed by atoms with Crippen molar-refractivity contribution in [1.29, 1.82) is 0 Å². The molecule has 0 rings (SSSR count). The first-order chi connectivity index (χ1) is 12.2. The minimum atomic E-state index is -5.17. The summed E-state index contributed by atoms with van der Waals surface area (Å²) in [6.45, 7) is -0.334. The maximum atomic E-state index is 11.3. The van der Waals surface area contributed by atoms with Crippen LogP contribution in [-0.2, 0) is 15.2 Å². The summed E-state index contributed by atoms with van der Waals surface area (Å²) >= 11 is 0. The van der Waals surface area contributed by atoms with Crippen LogP contribution < -0.4 is 0 Å². The Kier molecular flexibility index (Phi) is 37.5. The van der Waals surface area contributed by atoms with Gasteiger partial charge in [0.1, 0.15) is 0 Å². The van der Waals surface area contributed by atoms with Crippen molar-refractivity contribution in [3.8, 4) is 0 Å². The average Bonchev–Trinajstić information content (AvgIpc) is 2.48. The van der Waals surface area contributed by atoms with E-state index in [9.17, 15) is 43.4 Å². The molecule has 0 spiro atoms. The van der Waals surface area contributed by atoms with Gasteiger partial charge in [-0.1, -0.05) is 30.1 Å². The van der Waals surface area contributed by atoms with Crippen LogP contribution in [0.15, 0.2) is 0 Å². The lowest BCUT2D eigenvalue weighted by Gasteiger charge is -2.09. The van der Waals surface area contributed by atoms with E-state index in [1.165, 1.54) is 19.8 Å². The lowest BCUT2D eigenvalue weighted by atomic mass is 10.2. The summed E-state index contributed by atoms with van der Waals surface area (Å²) in [6, 6.07) is 0. The maximum Gasteiger partial charge on any atom is 0.445 e. The van der Waals surface area contributed by atoms with Crippen molar-refractivity contribution >= 4 is 10.5 Å². The molecule has 1 N–H and O–H groups in total. The Morgan fingerprint density at radius 1 is 0.963 bits per heavy atom. The minimum Gasteiger partial charge on any atom is -0.309 e. The SMILES string of the molecule is CCCCCCF.CCF.FCF.FCOC(F)C(F)(F)F.O=S(=O)(O)F. The summed E-state index contributed by atoms with van der Waals surface area (Å²) in [5, 5.41) is 0. The van der Waals surface area contributed by atoms with Crippen molar-refractivity contribution < 1.29 is 61.1 Å². The molecule has 0 aliphatic heterocycles. The molecule has 1 unspecified atom stereocenters. The molecule has 0 aliphatic rings. The van der Waals surface area contributed by atoms with E-state index in [2.05, 4.69) is 11.7 Å². The Bertz CT molecular complexity index is 328. The Morgan fingerprint density at radius 3 is 1.44 bits per heavy atom. The molecule has 0 fully saturated rings. The van der Waals surface area contributed by atoms with Gasteiger partial charge in [-0.25, -0.2) is 17.6 Å². The zero-order chi connectivity index (χ0) is 22.9. The normalized spacial score (nSPS) is 11.1. The van der Waals surface area contributed by atoms with Gasteiger partial charge in [0, 0.05) is 0 Å². The Balaban J connectivity index is -0.0000000801. The van der Waals surface area contributed by atoms with Crippen molar-refractivity contribution in [1.82, 2.24) is 0 Å². The standard InChI is InChI=1S/C6H13F.C3H3F5O.C2H5F.CH2F2.FHO3S/c1-2-3-4-5-6-7;4-1-9-2(5)3(6,7)8;1-2-3;2-1-3;1-5(2,3)4/h2-6H2,1H3;2H,1H2;2H2,1H3;1H2;(H,2,3,4). The van der Waals surface area contributed by atoms with Gasteiger partial charge in [0.2, 0.25) is 6.93 Å². The Morgan fingerprint density at radius 2 is 1.30 bits per heavy atom. The predicted molar refractivity (Wildman–Crippen MR) is 79.5 cm³/mol. The Hall–Kier alpha value is -0.830. The van der Waals surface area contributed by atoms with Crippen molar-refractivity contribution in [3.63, 3.8) is 0 Å². The maximum absolute atomic E-state index is 11.3. The number of rotatable bonds is 6. The molecule has 0 aromatic carbocycles. The lowest BCUT2D eigenvalue weighted by molar-refractivity contribution is -0.273. The molecule has 0 amide bonds. The predicted octanol–water partition coefficient (Wildman–Crippen LogP) is 5.94. The third-order valence-corrected chi connectivity index (χ3v) is 1.45. The van der Waals surface area contributed by atoms with Gasteiger partial charge >= 0.3 is 16.7 Å². The van der Waals surface area contributed by atoms with Gasteiger partial charge in [-0.2, -0.15) is 21.6 Å². The smallest absolute Gasteiger partial charge is 0.309 e. The molecule has 0 heterocycles. The number of hydrogen-bond acceptors (Lipinski definition) is 3. The molecule has 0 aliphatic carbocycles. The van der Waals surface area contributed by atoms with E-state index >= 15 is 0 Å². The first kappa shape index (κ1) is 37.0. The van der Waals surface area contributed by atoms with Crippen LogP contribution in [0.4, 0.5) is 43.4 Å². The average molecular weight is 454 g/mol. The molecule has 0 radical (unpaired) electrons. The molecule has 172 valence electrons. The molecular weight excluding hydrogens is 430 g/mol. The zero-order valence-corrected chi connectivity index (χ0v) is 15.4. The molecule has 0 bridgehead atoms. The summed E-state index contributed by atoms with van der Waals surface area (Å²) in [5.74, 6) is 0. The van der Waals surface area contributed by atoms with Gasteiger partial charge < -0.3 is 4.74 Å². The lowest BCUT2D eigenvalue weighted by Crippen LogP contribution is -2.26. The summed E-state index contributed by atoms with van der Waals surface area (Å²) in [5.41, 5.74) is 0. The van der Waals surface area contributed by atoms with E-state index in [4.69, 9.17) is 13.0 Å². The molecule has 0 saturated carbocycles.